The van der Waals surface area contributed by atoms with Gasteiger partial charge >= 0.3 is 0 Å². The number of para-hydroxylation sites is 1. The van der Waals surface area contributed by atoms with Gasteiger partial charge in [0.05, 0.1) is 18.8 Å². The molecule has 4 nitrogen and oxygen atoms in total. The summed E-state index contributed by atoms with van der Waals surface area (Å²) < 4.78 is 5.48. The monoisotopic (exact) mass is 261 g/mol. The van der Waals surface area contributed by atoms with E-state index in [-0.39, 0.29) is 18.1 Å². The first-order valence-corrected chi connectivity index (χ1v) is 6.52. The summed E-state index contributed by atoms with van der Waals surface area (Å²) >= 11 is 0. The fourth-order valence-electron chi connectivity index (χ4n) is 1.85. The topological polar surface area (TPSA) is 58.6 Å². The van der Waals surface area contributed by atoms with Crippen LogP contribution in [0.1, 0.15) is 25.3 Å². The third kappa shape index (κ3) is 3.58. The van der Waals surface area contributed by atoms with Crippen LogP contribution in [-0.4, -0.2) is 29.8 Å². The molecule has 1 saturated carbocycles. The maximum Gasteiger partial charge on any atom is 0.244 e. The van der Waals surface area contributed by atoms with E-state index < -0.39 is 0 Å². The first kappa shape index (κ1) is 13.6. The molecule has 0 spiro atoms. The number of amides is 1. The fraction of sp³-hybridized carbons (Fsp3) is 0.400. The Morgan fingerprint density at radius 1 is 1.47 bits per heavy atom. The van der Waals surface area contributed by atoms with Gasteiger partial charge < -0.3 is 15.2 Å². The van der Waals surface area contributed by atoms with Gasteiger partial charge in [-0.25, -0.2) is 0 Å². The second-order valence-corrected chi connectivity index (χ2v) is 4.73. The zero-order chi connectivity index (χ0) is 13.7. The molecule has 0 saturated heterocycles. The van der Waals surface area contributed by atoms with Crippen molar-refractivity contribution in [2.24, 2.45) is 0 Å². The summed E-state index contributed by atoms with van der Waals surface area (Å²) in [6, 6.07) is 7.56. The van der Waals surface area contributed by atoms with Crippen molar-refractivity contribution in [3.05, 3.63) is 35.9 Å². The van der Waals surface area contributed by atoms with Crippen LogP contribution < -0.4 is 10.1 Å². The minimum absolute atomic E-state index is 0.00210. The molecule has 0 aromatic heterocycles. The molecule has 1 aromatic rings. The molecule has 0 heterocycles. The highest BCUT2D eigenvalue weighted by atomic mass is 16.5. The molecule has 0 atom stereocenters. The predicted molar refractivity (Wildman–Crippen MR) is 73.8 cm³/mol. The van der Waals surface area contributed by atoms with E-state index in [1.54, 1.807) is 6.08 Å². The third-order valence-electron chi connectivity index (χ3n) is 3.18. The van der Waals surface area contributed by atoms with Crippen LogP contribution in [0.3, 0.4) is 0 Å². The van der Waals surface area contributed by atoms with Crippen LogP contribution in [0, 0.1) is 0 Å². The summed E-state index contributed by atoms with van der Waals surface area (Å²) in [5, 5.41) is 12.0. The van der Waals surface area contributed by atoms with Crippen LogP contribution in [-0.2, 0) is 4.79 Å². The number of carbonyl (C=O) groups excluding carboxylic acids is 1. The van der Waals surface area contributed by atoms with Gasteiger partial charge in [0, 0.05) is 11.6 Å². The van der Waals surface area contributed by atoms with Gasteiger partial charge in [0.25, 0.3) is 0 Å². The molecule has 1 aromatic carbocycles. The van der Waals surface area contributed by atoms with Gasteiger partial charge in [-0.05, 0) is 31.9 Å². The zero-order valence-corrected chi connectivity index (χ0v) is 11.1. The summed E-state index contributed by atoms with van der Waals surface area (Å²) in [5.74, 6) is 0.579. The van der Waals surface area contributed by atoms with Crippen LogP contribution in [0.15, 0.2) is 30.3 Å². The minimum atomic E-state index is -0.374. The summed E-state index contributed by atoms with van der Waals surface area (Å²) in [7, 11) is 0. The Labute approximate surface area is 113 Å². The first-order chi connectivity index (χ1) is 9.19. The normalized spacial score (nSPS) is 16.3. The molecule has 0 aliphatic heterocycles. The molecular formula is C15H19NO3. The molecule has 0 unspecified atom stereocenters. The van der Waals surface area contributed by atoms with Gasteiger partial charge in [0.15, 0.2) is 0 Å². The molecule has 2 N–H and O–H groups in total. The fourth-order valence-corrected chi connectivity index (χ4v) is 1.85. The average molecular weight is 261 g/mol. The van der Waals surface area contributed by atoms with Crippen molar-refractivity contribution in [2.45, 2.75) is 25.3 Å². The molecule has 4 heteroatoms. The van der Waals surface area contributed by atoms with Crippen LogP contribution in [0.2, 0.25) is 0 Å². The number of nitrogens with one attached hydrogen (secondary N) is 1. The van der Waals surface area contributed by atoms with Crippen molar-refractivity contribution in [1.29, 1.82) is 0 Å². The molecule has 2 rings (SSSR count). The first-order valence-electron chi connectivity index (χ1n) is 6.52. The molecule has 19 heavy (non-hydrogen) atoms. The van der Waals surface area contributed by atoms with E-state index >= 15 is 0 Å². The quantitative estimate of drug-likeness (QED) is 0.767. The Bertz CT molecular complexity index is 478. The third-order valence-corrected chi connectivity index (χ3v) is 3.18. The standard InChI is InChI=1S/C15H19NO3/c1-2-19-13-6-4-3-5-12(13)7-8-14(18)16-15(11-17)9-10-15/h3-8,17H,2,9-11H2,1H3,(H,16,18)/b8-7+. The van der Waals surface area contributed by atoms with Crippen molar-refractivity contribution in [2.75, 3.05) is 13.2 Å². The van der Waals surface area contributed by atoms with Gasteiger partial charge in [-0.2, -0.15) is 0 Å². The smallest absolute Gasteiger partial charge is 0.244 e. The van der Waals surface area contributed by atoms with Crippen molar-refractivity contribution in [3.8, 4) is 5.75 Å². The number of ether oxygens (including phenoxy) is 1. The number of carbonyl (C=O) groups is 1. The van der Waals surface area contributed by atoms with Gasteiger partial charge in [-0.3, -0.25) is 4.79 Å². The minimum Gasteiger partial charge on any atom is -0.493 e. The number of benzene rings is 1. The summed E-state index contributed by atoms with van der Waals surface area (Å²) in [6.07, 6.45) is 4.90. The Balaban J connectivity index is 2.00. The van der Waals surface area contributed by atoms with Gasteiger partial charge in [-0.15, -0.1) is 0 Å². The van der Waals surface area contributed by atoms with Crippen molar-refractivity contribution in [3.63, 3.8) is 0 Å². The van der Waals surface area contributed by atoms with Gasteiger partial charge in [0.1, 0.15) is 5.75 Å². The molecule has 0 bridgehead atoms. The number of hydrogen-bond acceptors (Lipinski definition) is 3. The Hall–Kier alpha value is -1.81. The summed E-state index contributed by atoms with van der Waals surface area (Å²) in [6.45, 7) is 2.51. The molecular weight excluding hydrogens is 242 g/mol. The lowest BCUT2D eigenvalue weighted by molar-refractivity contribution is -0.117. The van der Waals surface area contributed by atoms with Crippen molar-refractivity contribution < 1.29 is 14.6 Å². The van der Waals surface area contributed by atoms with Crippen LogP contribution >= 0.6 is 0 Å². The maximum atomic E-state index is 11.8. The zero-order valence-electron chi connectivity index (χ0n) is 11.1. The second-order valence-electron chi connectivity index (χ2n) is 4.73. The molecule has 1 aliphatic carbocycles. The number of aliphatic hydroxyl groups excluding tert-OH is 1. The maximum absolute atomic E-state index is 11.8. The SMILES string of the molecule is CCOc1ccccc1/C=C/C(=O)NC1(CO)CC1. The van der Waals surface area contributed by atoms with Crippen LogP contribution in [0.25, 0.3) is 6.08 Å². The van der Waals surface area contributed by atoms with Gasteiger partial charge in [0.2, 0.25) is 5.91 Å². The molecule has 0 radical (unpaired) electrons. The van der Waals surface area contributed by atoms with E-state index in [9.17, 15) is 4.79 Å². The lowest BCUT2D eigenvalue weighted by Gasteiger charge is -2.12. The Kier molecular flexibility index (Phi) is 4.22. The van der Waals surface area contributed by atoms with E-state index in [0.29, 0.717) is 6.61 Å². The lowest BCUT2D eigenvalue weighted by atomic mass is 10.2. The van der Waals surface area contributed by atoms with E-state index in [2.05, 4.69) is 5.32 Å². The molecule has 1 fully saturated rings. The summed E-state index contributed by atoms with van der Waals surface area (Å²) in [4.78, 5) is 11.8. The predicted octanol–water partition coefficient (Wildman–Crippen LogP) is 1.74. The van der Waals surface area contributed by atoms with Gasteiger partial charge in [-0.1, -0.05) is 18.2 Å². The highest BCUT2D eigenvalue weighted by molar-refractivity contribution is 5.92. The number of rotatable bonds is 6. The van der Waals surface area contributed by atoms with E-state index in [4.69, 9.17) is 9.84 Å². The number of aliphatic hydroxyl groups is 1. The highest BCUT2D eigenvalue weighted by Crippen LogP contribution is 2.34. The lowest BCUT2D eigenvalue weighted by Crippen LogP contribution is -2.38. The average Bonchev–Trinajstić information content (AvgIpc) is 3.18. The van der Waals surface area contributed by atoms with Crippen molar-refractivity contribution >= 4 is 12.0 Å². The Morgan fingerprint density at radius 3 is 2.84 bits per heavy atom. The second kappa shape index (κ2) is 5.89. The molecule has 102 valence electrons. The van der Waals surface area contributed by atoms with E-state index in [1.807, 2.05) is 31.2 Å². The Morgan fingerprint density at radius 2 is 2.21 bits per heavy atom. The largest absolute Gasteiger partial charge is 0.493 e. The highest BCUT2D eigenvalue weighted by Gasteiger charge is 2.42. The molecule has 1 aliphatic rings. The van der Waals surface area contributed by atoms with Crippen LogP contribution in [0.5, 0.6) is 5.75 Å². The van der Waals surface area contributed by atoms with Crippen molar-refractivity contribution in [1.82, 2.24) is 5.32 Å². The van der Waals surface area contributed by atoms with Crippen LogP contribution in [0.4, 0.5) is 0 Å². The van der Waals surface area contributed by atoms with E-state index in [1.165, 1.54) is 6.08 Å². The molecule has 1 amide bonds. The van der Waals surface area contributed by atoms with E-state index in [0.717, 1.165) is 24.2 Å². The summed E-state index contributed by atoms with van der Waals surface area (Å²) in [5.41, 5.74) is 0.495. The number of hydrogen-bond donors (Lipinski definition) is 2.